The van der Waals surface area contributed by atoms with Crippen LogP contribution in [0.4, 0.5) is 10.1 Å². The van der Waals surface area contributed by atoms with E-state index in [4.69, 9.17) is 0 Å². The van der Waals surface area contributed by atoms with Crippen molar-refractivity contribution in [3.05, 3.63) is 30.1 Å². The van der Waals surface area contributed by atoms with Crippen LogP contribution in [0.3, 0.4) is 0 Å². The van der Waals surface area contributed by atoms with Gasteiger partial charge < -0.3 is 5.32 Å². The number of carbonyl (C=O) groups is 1. The van der Waals surface area contributed by atoms with Crippen LogP contribution < -0.4 is 9.62 Å². The first-order valence-electron chi connectivity index (χ1n) is 6.70. The van der Waals surface area contributed by atoms with Gasteiger partial charge in [0.2, 0.25) is 15.9 Å². The van der Waals surface area contributed by atoms with E-state index >= 15 is 0 Å². The molecule has 0 fully saturated rings. The van der Waals surface area contributed by atoms with Gasteiger partial charge >= 0.3 is 0 Å². The number of nitrogens with one attached hydrogen (secondary N) is 1. The van der Waals surface area contributed by atoms with Gasteiger partial charge in [-0.25, -0.2) is 12.8 Å². The Labute approximate surface area is 125 Å². The van der Waals surface area contributed by atoms with Crippen molar-refractivity contribution in [2.24, 2.45) is 5.92 Å². The Balaban J connectivity index is 2.69. The SMILES string of the molecule is CC(C)CC(=O)NCCN(c1ccc(F)cc1)S(C)(=O)=O. The summed E-state index contributed by atoms with van der Waals surface area (Å²) >= 11 is 0. The second kappa shape index (κ2) is 7.40. The predicted molar refractivity (Wildman–Crippen MR) is 81.1 cm³/mol. The highest BCUT2D eigenvalue weighted by Crippen LogP contribution is 2.17. The van der Waals surface area contributed by atoms with Gasteiger partial charge in [-0.1, -0.05) is 13.8 Å². The zero-order valence-electron chi connectivity index (χ0n) is 12.5. The number of benzene rings is 1. The fourth-order valence-electron chi connectivity index (χ4n) is 1.83. The molecule has 0 aliphatic rings. The van der Waals surface area contributed by atoms with Crippen molar-refractivity contribution in [3.8, 4) is 0 Å². The van der Waals surface area contributed by atoms with Gasteiger partial charge in [-0.15, -0.1) is 0 Å². The maximum atomic E-state index is 12.9. The molecule has 0 unspecified atom stereocenters. The summed E-state index contributed by atoms with van der Waals surface area (Å²) in [5, 5.41) is 2.68. The molecule has 0 saturated carbocycles. The molecule has 1 rings (SSSR count). The molecule has 0 atom stereocenters. The summed E-state index contributed by atoms with van der Waals surface area (Å²) in [6.07, 6.45) is 1.47. The normalized spacial score (nSPS) is 11.5. The Hall–Kier alpha value is -1.63. The number of amides is 1. The van der Waals surface area contributed by atoms with E-state index in [-0.39, 0.29) is 24.9 Å². The van der Waals surface area contributed by atoms with Crippen molar-refractivity contribution in [1.82, 2.24) is 5.32 Å². The van der Waals surface area contributed by atoms with Crippen molar-refractivity contribution in [2.45, 2.75) is 20.3 Å². The molecule has 5 nitrogen and oxygen atoms in total. The van der Waals surface area contributed by atoms with E-state index in [0.717, 1.165) is 10.6 Å². The van der Waals surface area contributed by atoms with Gasteiger partial charge in [0.15, 0.2) is 0 Å². The third-order valence-electron chi connectivity index (χ3n) is 2.75. The van der Waals surface area contributed by atoms with Gasteiger partial charge in [-0.05, 0) is 30.2 Å². The maximum absolute atomic E-state index is 12.9. The van der Waals surface area contributed by atoms with E-state index in [1.165, 1.54) is 24.3 Å². The fraction of sp³-hybridized carbons (Fsp3) is 0.500. The summed E-state index contributed by atoms with van der Waals surface area (Å²) in [6.45, 7) is 4.17. The van der Waals surface area contributed by atoms with Crippen molar-refractivity contribution < 1.29 is 17.6 Å². The number of nitrogens with zero attached hydrogens (tertiary/aromatic N) is 1. The highest BCUT2D eigenvalue weighted by atomic mass is 32.2. The molecule has 0 bridgehead atoms. The zero-order chi connectivity index (χ0) is 16.0. The Morgan fingerprint density at radius 1 is 1.29 bits per heavy atom. The van der Waals surface area contributed by atoms with Crippen molar-refractivity contribution in [2.75, 3.05) is 23.7 Å². The lowest BCUT2D eigenvalue weighted by Crippen LogP contribution is -2.38. The minimum absolute atomic E-state index is 0.105. The van der Waals surface area contributed by atoms with Crippen LogP contribution in [0.15, 0.2) is 24.3 Å². The van der Waals surface area contributed by atoms with Crippen molar-refractivity contribution in [1.29, 1.82) is 0 Å². The minimum atomic E-state index is -3.49. The Bertz CT molecular complexity index is 570. The van der Waals surface area contributed by atoms with Crippen LogP contribution in [0, 0.1) is 11.7 Å². The maximum Gasteiger partial charge on any atom is 0.232 e. The number of anilines is 1. The molecule has 0 radical (unpaired) electrons. The molecule has 1 N–H and O–H groups in total. The van der Waals surface area contributed by atoms with Crippen LogP contribution in [-0.4, -0.2) is 33.7 Å². The summed E-state index contributed by atoms with van der Waals surface area (Å²) in [4.78, 5) is 11.5. The average molecular weight is 316 g/mol. The molecule has 1 amide bonds. The van der Waals surface area contributed by atoms with Gasteiger partial charge in [0.25, 0.3) is 0 Å². The summed E-state index contributed by atoms with van der Waals surface area (Å²) in [7, 11) is -3.49. The summed E-state index contributed by atoms with van der Waals surface area (Å²) in [5.74, 6) is -0.303. The second-order valence-electron chi connectivity index (χ2n) is 5.26. The van der Waals surface area contributed by atoms with Crippen LogP contribution in [0.1, 0.15) is 20.3 Å². The van der Waals surface area contributed by atoms with Gasteiger partial charge in [0.05, 0.1) is 18.5 Å². The molecule has 0 saturated heterocycles. The molecule has 0 heterocycles. The van der Waals surface area contributed by atoms with Crippen LogP contribution in [0.5, 0.6) is 0 Å². The summed E-state index contributed by atoms with van der Waals surface area (Å²) < 4.78 is 37.6. The first-order chi connectivity index (χ1) is 9.70. The number of sulfonamides is 1. The lowest BCUT2D eigenvalue weighted by Gasteiger charge is -2.22. The molecule has 0 aliphatic heterocycles. The minimum Gasteiger partial charge on any atom is -0.354 e. The number of hydrogen-bond acceptors (Lipinski definition) is 3. The lowest BCUT2D eigenvalue weighted by molar-refractivity contribution is -0.121. The zero-order valence-corrected chi connectivity index (χ0v) is 13.3. The Morgan fingerprint density at radius 3 is 2.33 bits per heavy atom. The van der Waals surface area contributed by atoms with Crippen molar-refractivity contribution >= 4 is 21.6 Å². The highest BCUT2D eigenvalue weighted by Gasteiger charge is 2.17. The molecule has 0 aliphatic carbocycles. The van der Waals surface area contributed by atoms with E-state index in [1.54, 1.807) is 0 Å². The molecule has 1 aromatic rings. The first kappa shape index (κ1) is 17.4. The molecule has 0 aromatic heterocycles. The molecular weight excluding hydrogens is 295 g/mol. The van der Waals surface area contributed by atoms with E-state index in [2.05, 4.69) is 5.32 Å². The fourth-order valence-corrected chi connectivity index (χ4v) is 2.76. The predicted octanol–water partition coefficient (Wildman–Crippen LogP) is 1.75. The number of halogens is 1. The average Bonchev–Trinajstić information content (AvgIpc) is 2.34. The monoisotopic (exact) mass is 316 g/mol. The lowest BCUT2D eigenvalue weighted by atomic mass is 10.1. The molecule has 7 heteroatoms. The van der Waals surface area contributed by atoms with Crippen LogP contribution >= 0.6 is 0 Å². The van der Waals surface area contributed by atoms with Gasteiger partial charge in [0.1, 0.15) is 5.82 Å². The van der Waals surface area contributed by atoms with E-state index in [1.807, 2.05) is 13.8 Å². The van der Waals surface area contributed by atoms with E-state index < -0.39 is 15.8 Å². The van der Waals surface area contributed by atoms with Gasteiger partial charge in [-0.2, -0.15) is 0 Å². The van der Waals surface area contributed by atoms with E-state index in [9.17, 15) is 17.6 Å². The molecular formula is C14H21FN2O3S. The van der Waals surface area contributed by atoms with Gasteiger partial charge in [-0.3, -0.25) is 9.10 Å². The Morgan fingerprint density at radius 2 is 1.86 bits per heavy atom. The van der Waals surface area contributed by atoms with E-state index in [0.29, 0.717) is 12.1 Å². The third-order valence-corrected chi connectivity index (χ3v) is 3.94. The Kier molecular flexibility index (Phi) is 6.14. The molecule has 0 spiro atoms. The smallest absolute Gasteiger partial charge is 0.232 e. The molecule has 118 valence electrons. The topological polar surface area (TPSA) is 66.5 Å². The summed E-state index contributed by atoms with van der Waals surface area (Å²) in [5.41, 5.74) is 0.372. The number of carbonyl (C=O) groups excluding carboxylic acids is 1. The van der Waals surface area contributed by atoms with Crippen molar-refractivity contribution in [3.63, 3.8) is 0 Å². The first-order valence-corrected chi connectivity index (χ1v) is 8.55. The summed E-state index contributed by atoms with van der Waals surface area (Å²) in [6, 6.07) is 5.19. The standard InChI is InChI=1S/C14H21FN2O3S/c1-11(2)10-14(18)16-8-9-17(21(3,19)20)13-6-4-12(15)5-7-13/h4-7,11H,8-10H2,1-3H3,(H,16,18). The third kappa shape index (κ3) is 6.12. The van der Waals surface area contributed by atoms with Crippen LogP contribution in [0.2, 0.25) is 0 Å². The molecule has 21 heavy (non-hydrogen) atoms. The molecule has 1 aromatic carbocycles. The quantitative estimate of drug-likeness (QED) is 0.833. The van der Waals surface area contributed by atoms with Crippen LogP contribution in [0.25, 0.3) is 0 Å². The van der Waals surface area contributed by atoms with Crippen LogP contribution in [-0.2, 0) is 14.8 Å². The van der Waals surface area contributed by atoms with Gasteiger partial charge in [0, 0.05) is 13.0 Å². The number of rotatable bonds is 7. The largest absolute Gasteiger partial charge is 0.354 e. The number of hydrogen-bond donors (Lipinski definition) is 1. The highest BCUT2D eigenvalue weighted by molar-refractivity contribution is 7.92. The second-order valence-corrected chi connectivity index (χ2v) is 7.17.